The largest absolute Gasteiger partial charge is 0.488 e. The second kappa shape index (κ2) is 12.3. The number of halogens is 4. The number of aromatic nitrogens is 3. The highest BCUT2D eigenvalue weighted by Gasteiger charge is 2.34. The van der Waals surface area contributed by atoms with Crippen LogP contribution in [0.3, 0.4) is 0 Å². The molecule has 0 aliphatic carbocycles. The Labute approximate surface area is 204 Å². The van der Waals surface area contributed by atoms with Crippen LogP contribution < -0.4 is 15.4 Å². The molecule has 0 aliphatic heterocycles. The number of nitrogens with zero attached hydrogens (tertiary/aromatic N) is 4. The Hall–Kier alpha value is -2.05. The van der Waals surface area contributed by atoms with Crippen LogP contribution in [-0.2, 0) is 25.7 Å². The molecule has 1 aromatic heterocycles. The minimum absolute atomic E-state index is 0. The van der Waals surface area contributed by atoms with Gasteiger partial charge >= 0.3 is 6.18 Å². The number of hydrogen-bond donors (Lipinski definition) is 2. The first-order chi connectivity index (χ1) is 14.5. The number of rotatable bonds is 8. The normalized spacial score (nSPS) is 12.3. The van der Waals surface area contributed by atoms with Crippen molar-refractivity contribution in [3.05, 3.63) is 41.5 Å². The highest BCUT2D eigenvalue weighted by atomic mass is 127. The van der Waals surface area contributed by atoms with Gasteiger partial charge in [0, 0.05) is 26.1 Å². The van der Waals surface area contributed by atoms with Gasteiger partial charge in [-0.1, -0.05) is 13.0 Å². The Morgan fingerprint density at radius 1 is 1.16 bits per heavy atom. The van der Waals surface area contributed by atoms with Crippen LogP contribution >= 0.6 is 24.0 Å². The van der Waals surface area contributed by atoms with Gasteiger partial charge in [0.15, 0.2) is 5.96 Å². The number of benzene rings is 1. The maximum atomic E-state index is 13.6. The third-order valence-corrected chi connectivity index (χ3v) is 4.22. The third-order valence-electron chi connectivity index (χ3n) is 4.22. The van der Waals surface area contributed by atoms with E-state index >= 15 is 0 Å². The Kier molecular flexibility index (Phi) is 10.7. The predicted octanol–water partition coefficient (Wildman–Crippen LogP) is 4.41. The molecule has 2 N–H and O–H groups in total. The van der Waals surface area contributed by atoms with Crippen LogP contribution in [0.25, 0.3) is 0 Å². The zero-order valence-corrected chi connectivity index (χ0v) is 21.4. The molecule has 180 valence electrons. The Balaban J connectivity index is 0.00000512. The number of aliphatic imine (C=N–C) groups is 1. The highest BCUT2D eigenvalue weighted by molar-refractivity contribution is 14.0. The molecule has 2 rings (SSSR count). The van der Waals surface area contributed by atoms with Crippen LogP contribution in [0, 0.1) is 0 Å². The number of nitrogens with one attached hydrogen (secondary N) is 2. The minimum Gasteiger partial charge on any atom is -0.488 e. The van der Waals surface area contributed by atoms with Gasteiger partial charge in [0.05, 0.1) is 12.1 Å². The van der Waals surface area contributed by atoms with E-state index in [9.17, 15) is 13.2 Å². The van der Waals surface area contributed by atoms with Crippen molar-refractivity contribution < 1.29 is 17.9 Å². The van der Waals surface area contributed by atoms with Gasteiger partial charge in [-0.25, -0.2) is 4.99 Å². The van der Waals surface area contributed by atoms with Crippen molar-refractivity contribution in [1.29, 1.82) is 0 Å². The molecule has 0 saturated heterocycles. The molecule has 0 fully saturated rings. The predicted molar refractivity (Wildman–Crippen MR) is 129 cm³/mol. The lowest BCUT2D eigenvalue weighted by Crippen LogP contribution is -2.39. The number of guanidine groups is 1. The lowest BCUT2D eigenvalue weighted by Gasteiger charge is -2.22. The van der Waals surface area contributed by atoms with Crippen molar-refractivity contribution in [2.75, 3.05) is 13.1 Å². The molecule has 1 heterocycles. The molecule has 11 heteroatoms. The van der Waals surface area contributed by atoms with Gasteiger partial charge in [-0.05, 0) is 45.4 Å². The number of alkyl halides is 3. The Morgan fingerprint density at radius 3 is 2.47 bits per heavy atom. The number of hydrogen-bond acceptors (Lipinski definition) is 4. The van der Waals surface area contributed by atoms with Crippen molar-refractivity contribution in [3.63, 3.8) is 0 Å². The van der Waals surface area contributed by atoms with Crippen molar-refractivity contribution in [3.8, 4) is 5.75 Å². The van der Waals surface area contributed by atoms with Gasteiger partial charge in [-0.3, -0.25) is 0 Å². The van der Waals surface area contributed by atoms with E-state index in [1.165, 1.54) is 6.07 Å². The summed E-state index contributed by atoms with van der Waals surface area (Å²) in [5.74, 6) is 1.49. The molecule has 0 radical (unpaired) electrons. The van der Waals surface area contributed by atoms with Gasteiger partial charge in [0.2, 0.25) is 0 Å². The molecule has 0 saturated carbocycles. The molecule has 0 unspecified atom stereocenters. The molecule has 0 spiro atoms. The van der Waals surface area contributed by atoms with Gasteiger partial charge in [-0.2, -0.15) is 13.2 Å². The quantitative estimate of drug-likeness (QED) is 0.281. The second-order valence-corrected chi connectivity index (χ2v) is 7.95. The monoisotopic (exact) mass is 568 g/mol. The molecular weight excluding hydrogens is 536 g/mol. The van der Waals surface area contributed by atoms with E-state index in [0.717, 1.165) is 18.3 Å². The van der Waals surface area contributed by atoms with Gasteiger partial charge in [0.1, 0.15) is 23.5 Å². The number of ether oxygens (including phenoxy) is 1. The molecule has 32 heavy (non-hydrogen) atoms. The summed E-state index contributed by atoms with van der Waals surface area (Å²) < 4.78 is 48.4. The van der Waals surface area contributed by atoms with Crippen LogP contribution in [-0.4, -0.2) is 39.4 Å². The summed E-state index contributed by atoms with van der Waals surface area (Å²) in [7, 11) is 0. The molecule has 2 aromatic rings. The first-order valence-electron chi connectivity index (χ1n) is 10.3. The van der Waals surface area contributed by atoms with E-state index in [1.54, 1.807) is 33.2 Å². The first kappa shape index (κ1) is 28.0. The van der Waals surface area contributed by atoms with Crippen LogP contribution in [0.2, 0.25) is 0 Å². The van der Waals surface area contributed by atoms with Crippen LogP contribution in [0.1, 0.15) is 51.6 Å². The second-order valence-electron chi connectivity index (χ2n) is 7.95. The summed E-state index contributed by atoms with van der Waals surface area (Å²) >= 11 is 0. The fraction of sp³-hybridized carbons (Fsp3) is 0.571. The van der Waals surface area contributed by atoms with Crippen molar-refractivity contribution in [1.82, 2.24) is 25.4 Å². The van der Waals surface area contributed by atoms with Crippen molar-refractivity contribution >= 4 is 29.9 Å². The standard InChI is InChI=1S/C21H31F3N6O.HI/c1-6-18-29-28-14-30(18)11-10-26-19(25-7-2)27-13-15-8-9-16(31-20(3,4)5)12-17(15)21(22,23)24;/h8-9,12,14H,6-7,10-11,13H2,1-5H3,(H2,25,26,27);1H. The van der Waals surface area contributed by atoms with E-state index in [4.69, 9.17) is 4.74 Å². The van der Waals surface area contributed by atoms with E-state index in [-0.39, 0.29) is 41.8 Å². The summed E-state index contributed by atoms with van der Waals surface area (Å²) in [6, 6.07) is 4.00. The number of aryl methyl sites for hydroxylation is 1. The molecule has 0 atom stereocenters. The molecule has 0 aliphatic rings. The van der Waals surface area contributed by atoms with E-state index < -0.39 is 17.3 Å². The molecule has 0 bridgehead atoms. The summed E-state index contributed by atoms with van der Waals surface area (Å²) in [4.78, 5) is 4.34. The fourth-order valence-electron chi connectivity index (χ4n) is 2.91. The van der Waals surface area contributed by atoms with Gasteiger partial charge in [-0.15, -0.1) is 34.2 Å². The summed E-state index contributed by atoms with van der Waals surface area (Å²) in [6.45, 7) is 10.9. The van der Waals surface area contributed by atoms with E-state index in [0.29, 0.717) is 25.6 Å². The van der Waals surface area contributed by atoms with E-state index in [1.807, 2.05) is 18.4 Å². The SMILES string of the molecule is CCNC(=NCc1ccc(OC(C)(C)C)cc1C(F)(F)F)NCCn1cnnc1CC.I. The highest BCUT2D eigenvalue weighted by Crippen LogP contribution is 2.35. The zero-order chi connectivity index (χ0) is 23.1. The topological polar surface area (TPSA) is 76.4 Å². The summed E-state index contributed by atoms with van der Waals surface area (Å²) in [5, 5.41) is 14.1. The maximum Gasteiger partial charge on any atom is 0.416 e. The van der Waals surface area contributed by atoms with E-state index in [2.05, 4.69) is 25.8 Å². The maximum absolute atomic E-state index is 13.6. The lowest BCUT2D eigenvalue weighted by molar-refractivity contribution is -0.138. The smallest absolute Gasteiger partial charge is 0.416 e. The minimum atomic E-state index is -4.50. The van der Waals surface area contributed by atoms with Gasteiger partial charge < -0.3 is 19.9 Å². The average Bonchev–Trinajstić information content (AvgIpc) is 3.12. The molecular formula is C21H32F3IN6O. The van der Waals surface area contributed by atoms with Crippen molar-refractivity contribution in [2.45, 2.75) is 65.9 Å². The van der Waals surface area contributed by atoms with Crippen molar-refractivity contribution in [2.24, 2.45) is 4.99 Å². The van der Waals surface area contributed by atoms with Crippen LogP contribution in [0.5, 0.6) is 5.75 Å². The molecule has 7 nitrogen and oxygen atoms in total. The Morgan fingerprint density at radius 2 is 1.88 bits per heavy atom. The zero-order valence-electron chi connectivity index (χ0n) is 19.1. The molecule has 0 amide bonds. The summed E-state index contributed by atoms with van der Waals surface area (Å²) in [6.07, 6.45) is -2.08. The molecule has 1 aromatic carbocycles. The Bertz CT molecular complexity index is 877. The average molecular weight is 568 g/mol. The van der Waals surface area contributed by atoms with Gasteiger partial charge in [0.25, 0.3) is 0 Å². The lowest BCUT2D eigenvalue weighted by atomic mass is 10.1. The third kappa shape index (κ3) is 8.83. The summed E-state index contributed by atoms with van der Waals surface area (Å²) in [5.41, 5.74) is -1.25. The van der Waals surface area contributed by atoms with Crippen LogP contribution in [0.15, 0.2) is 29.5 Å². The first-order valence-corrected chi connectivity index (χ1v) is 10.3. The van der Waals surface area contributed by atoms with Crippen LogP contribution in [0.4, 0.5) is 13.2 Å². The fourth-order valence-corrected chi connectivity index (χ4v) is 2.91.